The minimum Gasteiger partial charge on any atom is -0.336 e. The van der Waals surface area contributed by atoms with E-state index < -0.39 is 10.0 Å². The number of sulfonamides is 1. The molecule has 1 N–H and O–H groups in total. The van der Waals surface area contributed by atoms with Crippen molar-refractivity contribution < 1.29 is 13.2 Å². The maximum atomic E-state index is 12.9. The van der Waals surface area contributed by atoms with E-state index in [0.29, 0.717) is 11.6 Å². The Hall–Kier alpha value is -1.87. The SMILES string of the molecule is CN(Cc1cc(Br)cs1)C(=O)c1ccccc1NS(=O)(=O)c1ccc(Cl)cc1. The number of anilines is 1. The van der Waals surface area contributed by atoms with Crippen molar-refractivity contribution in [3.63, 3.8) is 0 Å². The Balaban J connectivity index is 1.84. The van der Waals surface area contributed by atoms with Crippen LogP contribution in [0.25, 0.3) is 0 Å². The van der Waals surface area contributed by atoms with E-state index in [-0.39, 0.29) is 22.1 Å². The summed E-state index contributed by atoms with van der Waals surface area (Å²) in [5.74, 6) is -0.279. The summed E-state index contributed by atoms with van der Waals surface area (Å²) in [4.78, 5) is 15.5. The third-order valence-electron chi connectivity index (χ3n) is 3.89. The molecule has 5 nitrogen and oxygen atoms in total. The van der Waals surface area contributed by atoms with Crippen molar-refractivity contribution in [1.29, 1.82) is 0 Å². The minimum absolute atomic E-state index is 0.0657. The van der Waals surface area contributed by atoms with Crippen LogP contribution in [0.3, 0.4) is 0 Å². The average Bonchev–Trinajstić information content (AvgIpc) is 3.06. The van der Waals surface area contributed by atoms with Crippen molar-refractivity contribution >= 4 is 60.5 Å². The second-order valence-corrected chi connectivity index (χ2v) is 10.0. The van der Waals surface area contributed by atoms with Gasteiger partial charge in [-0.25, -0.2) is 8.42 Å². The number of carbonyl (C=O) groups is 1. The van der Waals surface area contributed by atoms with Gasteiger partial charge >= 0.3 is 0 Å². The van der Waals surface area contributed by atoms with Gasteiger partial charge in [0.15, 0.2) is 0 Å². The van der Waals surface area contributed by atoms with Crippen LogP contribution in [-0.2, 0) is 16.6 Å². The summed E-state index contributed by atoms with van der Waals surface area (Å²) in [6.07, 6.45) is 0. The highest BCUT2D eigenvalue weighted by Crippen LogP contribution is 2.24. The summed E-state index contributed by atoms with van der Waals surface area (Å²) >= 11 is 10.8. The Bertz CT molecular complexity index is 1100. The average molecular weight is 500 g/mol. The molecule has 1 amide bonds. The number of amides is 1. The van der Waals surface area contributed by atoms with E-state index in [1.165, 1.54) is 24.3 Å². The Kier molecular flexibility index (Phi) is 6.44. The van der Waals surface area contributed by atoms with Gasteiger partial charge in [0.25, 0.3) is 15.9 Å². The largest absolute Gasteiger partial charge is 0.336 e. The lowest BCUT2D eigenvalue weighted by Crippen LogP contribution is -2.27. The molecule has 28 heavy (non-hydrogen) atoms. The Labute approximate surface area is 181 Å². The van der Waals surface area contributed by atoms with Crippen LogP contribution in [-0.4, -0.2) is 26.3 Å². The van der Waals surface area contributed by atoms with Gasteiger partial charge in [0.05, 0.1) is 22.7 Å². The highest BCUT2D eigenvalue weighted by atomic mass is 79.9. The molecule has 1 heterocycles. The van der Waals surface area contributed by atoms with Gasteiger partial charge in [-0.3, -0.25) is 9.52 Å². The molecule has 9 heteroatoms. The topological polar surface area (TPSA) is 66.5 Å². The Morgan fingerprint density at radius 3 is 2.50 bits per heavy atom. The van der Waals surface area contributed by atoms with E-state index in [9.17, 15) is 13.2 Å². The van der Waals surface area contributed by atoms with Gasteiger partial charge in [0, 0.05) is 26.8 Å². The summed E-state index contributed by atoms with van der Waals surface area (Å²) in [7, 11) is -2.17. The molecule has 0 saturated carbocycles. The van der Waals surface area contributed by atoms with Gasteiger partial charge in [0.1, 0.15) is 0 Å². The summed E-state index contributed by atoms with van der Waals surface area (Å²) in [6, 6.07) is 14.3. The highest BCUT2D eigenvalue weighted by Gasteiger charge is 2.21. The molecule has 0 fully saturated rings. The first kappa shape index (κ1) is 20.9. The molecule has 0 bridgehead atoms. The van der Waals surface area contributed by atoms with Crippen molar-refractivity contribution in [2.24, 2.45) is 0 Å². The number of rotatable bonds is 6. The van der Waals surface area contributed by atoms with E-state index in [0.717, 1.165) is 9.35 Å². The molecule has 0 unspecified atom stereocenters. The number of para-hydroxylation sites is 1. The van der Waals surface area contributed by atoms with Gasteiger partial charge in [-0.15, -0.1) is 11.3 Å². The van der Waals surface area contributed by atoms with Crippen molar-refractivity contribution in [3.05, 3.63) is 79.9 Å². The molecule has 0 aliphatic carbocycles. The zero-order chi connectivity index (χ0) is 20.3. The normalized spacial score (nSPS) is 11.2. The number of carbonyl (C=O) groups excluding carboxylic acids is 1. The van der Waals surface area contributed by atoms with E-state index >= 15 is 0 Å². The lowest BCUT2D eigenvalue weighted by Gasteiger charge is -2.19. The van der Waals surface area contributed by atoms with E-state index in [1.807, 2.05) is 11.4 Å². The molecule has 1 aromatic heterocycles. The lowest BCUT2D eigenvalue weighted by molar-refractivity contribution is 0.0787. The lowest BCUT2D eigenvalue weighted by atomic mass is 10.1. The first-order chi connectivity index (χ1) is 13.3. The fraction of sp³-hybridized carbons (Fsp3) is 0.105. The molecule has 0 saturated heterocycles. The fourth-order valence-corrected chi connectivity index (χ4v) is 5.23. The zero-order valence-electron chi connectivity index (χ0n) is 14.7. The van der Waals surface area contributed by atoms with Crippen molar-refractivity contribution in [3.8, 4) is 0 Å². The predicted molar refractivity (Wildman–Crippen MR) is 117 cm³/mol. The predicted octanol–water partition coefficient (Wildman–Crippen LogP) is 5.24. The molecule has 2 aromatic carbocycles. The second-order valence-electron chi connectivity index (χ2n) is 6.00. The van der Waals surface area contributed by atoms with Gasteiger partial charge < -0.3 is 4.90 Å². The number of hydrogen-bond donors (Lipinski definition) is 1. The van der Waals surface area contributed by atoms with Gasteiger partial charge in [-0.1, -0.05) is 23.7 Å². The Morgan fingerprint density at radius 1 is 1.18 bits per heavy atom. The van der Waals surface area contributed by atoms with Crippen LogP contribution in [0.15, 0.2) is 69.3 Å². The summed E-state index contributed by atoms with van der Waals surface area (Å²) < 4.78 is 28.8. The molecule has 146 valence electrons. The molecule has 3 aromatic rings. The van der Waals surface area contributed by atoms with Crippen molar-refractivity contribution in [2.45, 2.75) is 11.4 Å². The quantitative estimate of drug-likeness (QED) is 0.504. The van der Waals surface area contributed by atoms with Crippen LogP contribution < -0.4 is 4.72 Å². The number of nitrogens with zero attached hydrogens (tertiary/aromatic N) is 1. The molecular formula is C19H16BrClN2O3S2. The summed E-state index contributed by atoms with van der Waals surface area (Å²) in [6.45, 7) is 0.424. The molecule has 3 rings (SSSR count). The molecule has 0 spiro atoms. The van der Waals surface area contributed by atoms with Gasteiger partial charge in [-0.05, 0) is 58.4 Å². The van der Waals surface area contributed by atoms with Gasteiger partial charge in [0.2, 0.25) is 0 Å². The van der Waals surface area contributed by atoms with E-state index in [4.69, 9.17) is 11.6 Å². The number of nitrogens with one attached hydrogen (secondary N) is 1. The monoisotopic (exact) mass is 498 g/mol. The molecule has 0 aliphatic rings. The Morgan fingerprint density at radius 2 is 1.86 bits per heavy atom. The molecular weight excluding hydrogens is 484 g/mol. The van der Waals surface area contributed by atoms with Crippen LogP contribution in [0.4, 0.5) is 5.69 Å². The van der Waals surface area contributed by atoms with Crippen LogP contribution in [0, 0.1) is 0 Å². The van der Waals surface area contributed by atoms with Gasteiger partial charge in [-0.2, -0.15) is 0 Å². The van der Waals surface area contributed by atoms with Crippen molar-refractivity contribution in [1.82, 2.24) is 4.90 Å². The number of hydrogen-bond acceptors (Lipinski definition) is 4. The molecule has 0 aliphatic heterocycles. The highest BCUT2D eigenvalue weighted by molar-refractivity contribution is 9.10. The first-order valence-corrected chi connectivity index (χ1v) is 11.7. The second kappa shape index (κ2) is 8.65. The maximum absolute atomic E-state index is 12.9. The van der Waals surface area contributed by atoms with Crippen LogP contribution >= 0.6 is 38.9 Å². The van der Waals surface area contributed by atoms with Crippen LogP contribution in [0.5, 0.6) is 0 Å². The number of thiophene rings is 1. The minimum atomic E-state index is -3.85. The van der Waals surface area contributed by atoms with Crippen molar-refractivity contribution in [2.75, 3.05) is 11.8 Å². The zero-order valence-corrected chi connectivity index (χ0v) is 18.7. The fourth-order valence-electron chi connectivity index (χ4n) is 2.52. The maximum Gasteiger partial charge on any atom is 0.261 e. The van der Waals surface area contributed by atoms with Crippen LogP contribution in [0.1, 0.15) is 15.2 Å². The third kappa shape index (κ3) is 4.94. The van der Waals surface area contributed by atoms with Crippen LogP contribution in [0.2, 0.25) is 5.02 Å². The number of benzene rings is 2. The molecule has 0 radical (unpaired) electrons. The summed E-state index contributed by atoms with van der Waals surface area (Å²) in [5.41, 5.74) is 0.500. The third-order valence-corrected chi connectivity index (χ3v) is 7.20. The summed E-state index contributed by atoms with van der Waals surface area (Å²) in [5, 5.41) is 2.39. The van der Waals surface area contributed by atoms with E-state index in [1.54, 1.807) is 47.5 Å². The van der Waals surface area contributed by atoms with E-state index in [2.05, 4.69) is 20.7 Å². The molecule has 0 atom stereocenters. The first-order valence-electron chi connectivity index (χ1n) is 8.12. The standard InChI is InChI=1S/C19H16BrClN2O3S2/c1-23(11-15-10-13(20)12-27-15)19(24)17-4-2-3-5-18(17)22-28(25,26)16-8-6-14(21)7-9-16/h2-10,12,22H,11H2,1H3. The number of halogens is 2. The smallest absolute Gasteiger partial charge is 0.261 e.